The quantitative estimate of drug-likeness (QED) is 0.327. The summed E-state index contributed by atoms with van der Waals surface area (Å²) in [5, 5.41) is 0.436. The molecule has 0 spiro atoms. The Bertz CT molecular complexity index is 988. The molecule has 3 rings (SSSR count). The Morgan fingerprint density at radius 3 is 2.48 bits per heavy atom. The van der Waals surface area contributed by atoms with Crippen LogP contribution in [0.5, 0.6) is 0 Å². The van der Waals surface area contributed by atoms with Crippen LogP contribution in [0.4, 0.5) is 10.1 Å². The third-order valence-electron chi connectivity index (χ3n) is 4.92. The lowest BCUT2D eigenvalue weighted by molar-refractivity contribution is 0.0983. The van der Waals surface area contributed by atoms with E-state index >= 15 is 0 Å². The summed E-state index contributed by atoms with van der Waals surface area (Å²) in [6.45, 7) is 2.87. The second-order valence-electron chi connectivity index (χ2n) is 7.04. The first-order valence-electron chi connectivity index (χ1n) is 9.73. The first-order valence-corrected chi connectivity index (χ1v) is 10.1. The van der Waals surface area contributed by atoms with E-state index in [1.807, 2.05) is 42.3 Å². The number of nitrogens with zero attached hydrogens (tertiary/aromatic N) is 2. The number of halogens is 2. The number of anilines is 1. The number of benzene rings is 2. The molecule has 2 aromatic carbocycles. The smallest absolute Gasteiger partial charge is 0.163 e. The van der Waals surface area contributed by atoms with Crippen LogP contribution in [0.25, 0.3) is 11.1 Å². The summed E-state index contributed by atoms with van der Waals surface area (Å²) < 4.78 is 14.5. The zero-order valence-electron chi connectivity index (χ0n) is 16.7. The van der Waals surface area contributed by atoms with Gasteiger partial charge in [-0.25, -0.2) is 9.37 Å². The van der Waals surface area contributed by atoms with Crippen LogP contribution >= 0.6 is 11.6 Å². The minimum absolute atomic E-state index is 0.0409. The molecule has 29 heavy (non-hydrogen) atoms. The number of aromatic nitrogens is 1. The van der Waals surface area contributed by atoms with Crippen molar-refractivity contribution in [2.45, 2.75) is 26.2 Å². The predicted octanol–water partition coefficient (Wildman–Crippen LogP) is 6.20. The molecule has 0 amide bonds. The Labute approximate surface area is 176 Å². The number of pyridine rings is 1. The summed E-state index contributed by atoms with van der Waals surface area (Å²) in [6.07, 6.45) is 3.49. The Hall–Kier alpha value is -2.72. The molecule has 5 heteroatoms. The minimum atomic E-state index is -0.244. The number of hydrogen-bond acceptors (Lipinski definition) is 3. The van der Waals surface area contributed by atoms with Gasteiger partial charge in [-0.1, -0.05) is 54.9 Å². The van der Waals surface area contributed by atoms with Crippen LogP contribution in [0.15, 0.2) is 60.8 Å². The monoisotopic (exact) mass is 410 g/mol. The summed E-state index contributed by atoms with van der Waals surface area (Å²) in [4.78, 5) is 18.4. The normalized spacial score (nSPS) is 10.8. The molecule has 1 heterocycles. The highest BCUT2D eigenvalue weighted by molar-refractivity contribution is 6.30. The van der Waals surface area contributed by atoms with Crippen LogP contribution in [0.1, 0.15) is 35.7 Å². The molecule has 0 unspecified atom stereocenters. The number of rotatable bonds is 8. The lowest BCUT2D eigenvalue weighted by Gasteiger charge is -2.19. The zero-order chi connectivity index (χ0) is 20.8. The number of carbonyl (C=O) groups excluding carboxylic acids is 1. The van der Waals surface area contributed by atoms with Crippen LogP contribution in [-0.2, 0) is 6.42 Å². The standard InChI is InChI=1S/C24H24ClFN2O/c1-3-15-28(2)22-12-10-20(16-21(22)26)17-6-8-18(9-7-17)23(29)13-11-19-5-4-14-27-24(19)25/h4-10,12,14,16H,3,11,13,15H2,1-2H3. The molecule has 0 bridgehead atoms. The lowest BCUT2D eigenvalue weighted by atomic mass is 9.99. The zero-order valence-corrected chi connectivity index (χ0v) is 17.4. The average Bonchev–Trinajstić information content (AvgIpc) is 2.73. The molecule has 0 aliphatic carbocycles. The van der Waals surface area contributed by atoms with E-state index in [-0.39, 0.29) is 11.6 Å². The molecule has 0 atom stereocenters. The fraction of sp³-hybridized carbons (Fsp3) is 0.250. The number of hydrogen-bond donors (Lipinski definition) is 0. The van der Waals surface area contributed by atoms with E-state index in [1.54, 1.807) is 30.5 Å². The van der Waals surface area contributed by atoms with E-state index in [0.29, 0.717) is 29.2 Å². The number of aryl methyl sites for hydroxylation is 1. The highest BCUT2D eigenvalue weighted by Gasteiger charge is 2.11. The molecule has 0 radical (unpaired) electrons. The fourth-order valence-corrected chi connectivity index (χ4v) is 3.51. The van der Waals surface area contributed by atoms with E-state index < -0.39 is 0 Å². The molecule has 0 aliphatic rings. The lowest BCUT2D eigenvalue weighted by Crippen LogP contribution is -2.18. The van der Waals surface area contributed by atoms with Crippen molar-refractivity contribution in [1.82, 2.24) is 4.98 Å². The third kappa shape index (κ3) is 5.21. The first kappa shape index (κ1) is 21.0. The SMILES string of the molecule is CCCN(C)c1ccc(-c2ccc(C(=O)CCc3cccnc3Cl)cc2)cc1F. The van der Waals surface area contributed by atoms with E-state index in [1.165, 1.54) is 0 Å². The van der Waals surface area contributed by atoms with Gasteiger partial charge in [-0.15, -0.1) is 0 Å². The topological polar surface area (TPSA) is 33.2 Å². The molecular formula is C24H24ClFN2O. The average molecular weight is 411 g/mol. The van der Waals surface area contributed by atoms with E-state index in [4.69, 9.17) is 11.6 Å². The van der Waals surface area contributed by atoms with E-state index in [9.17, 15) is 9.18 Å². The maximum atomic E-state index is 14.5. The Kier molecular flexibility index (Phi) is 6.99. The van der Waals surface area contributed by atoms with Crippen molar-refractivity contribution in [1.29, 1.82) is 0 Å². The molecule has 0 N–H and O–H groups in total. The first-order chi connectivity index (χ1) is 14.0. The van der Waals surface area contributed by atoms with Crippen LogP contribution < -0.4 is 4.90 Å². The van der Waals surface area contributed by atoms with Gasteiger partial charge in [0.15, 0.2) is 5.78 Å². The maximum Gasteiger partial charge on any atom is 0.163 e. The Morgan fingerprint density at radius 2 is 1.83 bits per heavy atom. The molecule has 0 aliphatic heterocycles. The molecule has 3 nitrogen and oxygen atoms in total. The van der Waals surface area contributed by atoms with Gasteiger partial charge in [0.05, 0.1) is 5.69 Å². The van der Waals surface area contributed by atoms with Gasteiger partial charge in [-0.05, 0) is 47.7 Å². The maximum absolute atomic E-state index is 14.5. The van der Waals surface area contributed by atoms with Crippen molar-refractivity contribution in [2.75, 3.05) is 18.5 Å². The van der Waals surface area contributed by atoms with Gasteiger partial charge in [0.25, 0.3) is 0 Å². The second-order valence-corrected chi connectivity index (χ2v) is 7.40. The van der Waals surface area contributed by atoms with E-state index in [2.05, 4.69) is 11.9 Å². The molecule has 0 fully saturated rings. The highest BCUT2D eigenvalue weighted by atomic mass is 35.5. The van der Waals surface area contributed by atoms with Gasteiger partial charge in [0.1, 0.15) is 11.0 Å². The van der Waals surface area contributed by atoms with Crippen LogP contribution in [-0.4, -0.2) is 24.4 Å². The molecule has 1 aromatic heterocycles. The van der Waals surface area contributed by atoms with Gasteiger partial charge in [0, 0.05) is 31.8 Å². The van der Waals surface area contributed by atoms with Crippen molar-refractivity contribution < 1.29 is 9.18 Å². The number of carbonyl (C=O) groups is 1. The number of Topliss-reactive ketones (excluding diaryl/α,β-unsaturated/α-hetero) is 1. The number of ketones is 1. The van der Waals surface area contributed by atoms with Gasteiger partial charge >= 0.3 is 0 Å². The molecular weight excluding hydrogens is 387 g/mol. The van der Waals surface area contributed by atoms with Crippen LogP contribution in [0.3, 0.4) is 0 Å². The van der Waals surface area contributed by atoms with Gasteiger partial charge in [0.2, 0.25) is 0 Å². The fourth-order valence-electron chi connectivity index (χ4n) is 3.30. The Balaban J connectivity index is 1.69. The van der Waals surface area contributed by atoms with Crippen molar-refractivity contribution in [3.05, 3.63) is 82.9 Å². The summed E-state index contributed by atoms with van der Waals surface area (Å²) in [6, 6.07) is 16.2. The Morgan fingerprint density at radius 1 is 1.10 bits per heavy atom. The van der Waals surface area contributed by atoms with Crippen molar-refractivity contribution in [3.8, 4) is 11.1 Å². The highest BCUT2D eigenvalue weighted by Crippen LogP contribution is 2.27. The third-order valence-corrected chi connectivity index (χ3v) is 5.26. The summed E-state index contributed by atoms with van der Waals surface area (Å²) in [7, 11) is 1.89. The summed E-state index contributed by atoms with van der Waals surface area (Å²) >= 11 is 6.05. The van der Waals surface area contributed by atoms with E-state index in [0.717, 1.165) is 29.7 Å². The van der Waals surface area contributed by atoms with Crippen molar-refractivity contribution >= 4 is 23.1 Å². The second kappa shape index (κ2) is 9.66. The van der Waals surface area contributed by atoms with Crippen LogP contribution in [0, 0.1) is 5.82 Å². The predicted molar refractivity (Wildman–Crippen MR) is 117 cm³/mol. The minimum Gasteiger partial charge on any atom is -0.372 e. The van der Waals surface area contributed by atoms with Crippen molar-refractivity contribution in [3.63, 3.8) is 0 Å². The summed E-state index contributed by atoms with van der Waals surface area (Å²) in [5.74, 6) is -0.203. The molecule has 3 aromatic rings. The van der Waals surface area contributed by atoms with Crippen molar-refractivity contribution in [2.24, 2.45) is 0 Å². The van der Waals surface area contributed by atoms with Gasteiger partial charge in [-0.2, -0.15) is 0 Å². The molecule has 150 valence electrons. The van der Waals surface area contributed by atoms with Crippen LogP contribution in [0.2, 0.25) is 5.15 Å². The van der Waals surface area contributed by atoms with Gasteiger partial charge < -0.3 is 4.90 Å². The molecule has 0 saturated heterocycles. The largest absolute Gasteiger partial charge is 0.372 e. The van der Waals surface area contributed by atoms with Gasteiger partial charge in [-0.3, -0.25) is 4.79 Å². The molecule has 0 saturated carbocycles. The summed E-state index contributed by atoms with van der Waals surface area (Å²) in [5.41, 5.74) is 3.76.